The standard InChI is InChI=1S/C29H37N5O2/c1-19(2)13-25(30-29(35)24-15-20(3)14-21(4)16-24)28-32-31-27-7-9-33(10-11-34(27)28)18-22-5-6-26-23(17-22)8-12-36-26/h5-6,14-17,19,25H,7-13,18H2,1-4H3,(H,30,35)/t25-/m0/s1. The molecule has 0 saturated carbocycles. The van der Waals surface area contributed by atoms with Crippen LogP contribution in [-0.2, 0) is 25.9 Å². The van der Waals surface area contributed by atoms with Crippen molar-refractivity contribution in [3.8, 4) is 5.75 Å². The van der Waals surface area contributed by atoms with Gasteiger partial charge in [0.1, 0.15) is 11.6 Å². The van der Waals surface area contributed by atoms with Crippen LogP contribution in [0, 0.1) is 19.8 Å². The number of hydrogen-bond acceptors (Lipinski definition) is 5. The maximum absolute atomic E-state index is 13.2. The van der Waals surface area contributed by atoms with E-state index in [1.165, 1.54) is 11.1 Å². The summed E-state index contributed by atoms with van der Waals surface area (Å²) < 4.78 is 7.90. The summed E-state index contributed by atoms with van der Waals surface area (Å²) in [5, 5.41) is 12.4. The lowest BCUT2D eigenvalue weighted by atomic mass is 10.0. The molecule has 0 radical (unpaired) electrons. The number of rotatable bonds is 7. The second kappa shape index (κ2) is 10.4. The Bertz CT molecular complexity index is 1230. The van der Waals surface area contributed by atoms with Gasteiger partial charge in [-0.2, -0.15) is 0 Å². The van der Waals surface area contributed by atoms with Gasteiger partial charge in [0.25, 0.3) is 5.91 Å². The third-order valence-electron chi connectivity index (χ3n) is 7.12. The fourth-order valence-corrected chi connectivity index (χ4v) is 5.45. The number of nitrogens with one attached hydrogen (secondary N) is 1. The van der Waals surface area contributed by atoms with Crippen LogP contribution in [0.3, 0.4) is 0 Å². The number of hydrogen-bond donors (Lipinski definition) is 1. The van der Waals surface area contributed by atoms with E-state index in [0.717, 1.165) is 80.6 Å². The summed E-state index contributed by atoms with van der Waals surface area (Å²) in [4.78, 5) is 15.7. The third kappa shape index (κ3) is 5.46. The number of amides is 1. The van der Waals surface area contributed by atoms with E-state index in [9.17, 15) is 4.79 Å². The molecule has 2 aromatic carbocycles. The van der Waals surface area contributed by atoms with Crippen LogP contribution in [0.2, 0.25) is 0 Å². The highest BCUT2D eigenvalue weighted by Gasteiger charge is 2.27. The lowest BCUT2D eigenvalue weighted by Gasteiger charge is -2.22. The summed E-state index contributed by atoms with van der Waals surface area (Å²) in [6.45, 7) is 12.8. The van der Waals surface area contributed by atoms with Gasteiger partial charge in [0.05, 0.1) is 12.6 Å². The quantitative estimate of drug-likeness (QED) is 0.535. The minimum atomic E-state index is -0.178. The first-order chi connectivity index (χ1) is 17.4. The minimum absolute atomic E-state index is 0.0550. The second-order valence-corrected chi connectivity index (χ2v) is 10.7. The van der Waals surface area contributed by atoms with Crippen molar-refractivity contribution in [1.29, 1.82) is 0 Å². The van der Waals surface area contributed by atoms with Crippen LogP contribution in [0.4, 0.5) is 0 Å². The fourth-order valence-electron chi connectivity index (χ4n) is 5.45. The molecule has 2 aliphatic rings. The number of carbonyl (C=O) groups is 1. The molecule has 0 unspecified atom stereocenters. The van der Waals surface area contributed by atoms with E-state index in [0.29, 0.717) is 11.5 Å². The molecule has 5 rings (SSSR count). The van der Waals surface area contributed by atoms with E-state index in [2.05, 4.69) is 63.1 Å². The Labute approximate surface area is 213 Å². The van der Waals surface area contributed by atoms with Crippen LogP contribution in [-0.4, -0.2) is 45.3 Å². The second-order valence-electron chi connectivity index (χ2n) is 10.7. The maximum atomic E-state index is 13.2. The molecule has 0 fully saturated rings. The SMILES string of the molecule is Cc1cc(C)cc(C(=O)N[C@@H](CC(C)C)c2nnc3n2CCN(Cc2ccc4c(c2)CCO4)CC3)c1. The Morgan fingerprint density at radius 1 is 1.03 bits per heavy atom. The molecule has 0 bridgehead atoms. The van der Waals surface area contributed by atoms with Crippen molar-refractivity contribution in [1.82, 2.24) is 25.0 Å². The largest absolute Gasteiger partial charge is 0.493 e. The topological polar surface area (TPSA) is 72.3 Å². The van der Waals surface area contributed by atoms with Gasteiger partial charge in [-0.05, 0) is 55.5 Å². The number of benzene rings is 2. The molecule has 3 heterocycles. The Balaban J connectivity index is 1.31. The Hall–Kier alpha value is -3.19. The van der Waals surface area contributed by atoms with Crippen molar-refractivity contribution in [3.63, 3.8) is 0 Å². The van der Waals surface area contributed by atoms with Crippen LogP contribution >= 0.6 is 0 Å². The molecular weight excluding hydrogens is 450 g/mol. The Kier molecular flexibility index (Phi) is 7.10. The van der Waals surface area contributed by atoms with Crippen molar-refractivity contribution < 1.29 is 9.53 Å². The number of fused-ring (bicyclic) bond motifs is 2. The zero-order valence-electron chi connectivity index (χ0n) is 21.9. The summed E-state index contributed by atoms with van der Waals surface area (Å²) in [6, 6.07) is 12.4. The number of carbonyl (C=O) groups excluding carboxylic acids is 1. The van der Waals surface area contributed by atoms with Gasteiger partial charge in [-0.3, -0.25) is 9.69 Å². The summed E-state index contributed by atoms with van der Waals surface area (Å²) in [5.41, 5.74) is 5.52. The van der Waals surface area contributed by atoms with Crippen LogP contribution in [0.15, 0.2) is 36.4 Å². The van der Waals surface area contributed by atoms with Crippen LogP contribution in [0.5, 0.6) is 5.75 Å². The van der Waals surface area contributed by atoms with Gasteiger partial charge in [0, 0.05) is 44.6 Å². The molecule has 3 aromatic rings. The Morgan fingerprint density at radius 2 is 1.83 bits per heavy atom. The molecule has 190 valence electrons. The zero-order valence-corrected chi connectivity index (χ0v) is 21.9. The van der Waals surface area contributed by atoms with Crippen molar-refractivity contribution in [2.45, 2.75) is 66.1 Å². The van der Waals surface area contributed by atoms with Gasteiger partial charge < -0.3 is 14.6 Å². The number of aromatic nitrogens is 3. The monoisotopic (exact) mass is 487 g/mol. The molecule has 1 N–H and O–H groups in total. The average Bonchev–Trinajstić information content (AvgIpc) is 3.41. The first kappa shape index (κ1) is 24.5. The molecule has 36 heavy (non-hydrogen) atoms. The normalized spacial score (nSPS) is 16.2. The molecule has 0 spiro atoms. The lowest BCUT2D eigenvalue weighted by molar-refractivity contribution is 0.0928. The minimum Gasteiger partial charge on any atom is -0.493 e. The zero-order chi connectivity index (χ0) is 25.2. The van der Waals surface area contributed by atoms with E-state index in [-0.39, 0.29) is 11.9 Å². The Morgan fingerprint density at radius 3 is 2.61 bits per heavy atom. The molecule has 1 amide bonds. The van der Waals surface area contributed by atoms with E-state index in [4.69, 9.17) is 4.74 Å². The fraction of sp³-hybridized carbons (Fsp3) is 0.483. The van der Waals surface area contributed by atoms with Gasteiger partial charge >= 0.3 is 0 Å². The summed E-state index contributed by atoms with van der Waals surface area (Å²) in [5.74, 6) is 3.26. The van der Waals surface area contributed by atoms with Gasteiger partial charge in [-0.25, -0.2) is 0 Å². The number of aryl methyl sites for hydroxylation is 2. The highest BCUT2D eigenvalue weighted by atomic mass is 16.5. The van der Waals surface area contributed by atoms with Crippen LogP contribution in [0.1, 0.15) is 70.6 Å². The predicted molar refractivity (Wildman–Crippen MR) is 140 cm³/mol. The first-order valence-corrected chi connectivity index (χ1v) is 13.1. The third-order valence-corrected chi connectivity index (χ3v) is 7.12. The highest BCUT2D eigenvalue weighted by molar-refractivity contribution is 5.94. The molecule has 0 saturated heterocycles. The molecule has 0 aliphatic carbocycles. The lowest BCUT2D eigenvalue weighted by Crippen LogP contribution is -2.32. The van der Waals surface area contributed by atoms with Crippen molar-refractivity contribution in [2.24, 2.45) is 5.92 Å². The van der Waals surface area contributed by atoms with Gasteiger partial charge in [0.15, 0.2) is 5.82 Å². The van der Waals surface area contributed by atoms with Crippen molar-refractivity contribution >= 4 is 5.91 Å². The van der Waals surface area contributed by atoms with E-state index in [1.807, 2.05) is 26.0 Å². The maximum Gasteiger partial charge on any atom is 0.251 e. The van der Waals surface area contributed by atoms with Crippen molar-refractivity contribution in [3.05, 3.63) is 75.9 Å². The molecule has 7 heteroatoms. The van der Waals surface area contributed by atoms with E-state index >= 15 is 0 Å². The molecular formula is C29H37N5O2. The van der Waals surface area contributed by atoms with Crippen LogP contribution < -0.4 is 10.1 Å². The van der Waals surface area contributed by atoms with Gasteiger partial charge in [0.2, 0.25) is 0 Å². The van der Waals surface area contributed by atoms with E-state index < -0.39 is 0 Å². The highest BCUT2D eigenvalue weighted by Crippen LogP contribution is 2.27. The molecule has 2 aliphatic heterocycles. The molecule has 7 nitrogen and oxygen atoms in total. The smallest absolute Gasteiger partial charge is 0.251 e. The van der Waals surface area contributed by atoms with Crippen molar-refractivity contribution in [2.75, 3.05) is 19.7 Å². The predicted octanol–water partition coefficient (Wildman–Crippen LogP) is 4.41. The number of ether oxygens (including phenoxy) is 1. The van der Waals surface area contributed by atoms with Gasteiger partial charge in [-0.1, -0.05) is 43.2 Å². The molecule has 1 atom stereocenters. The van der Waals surface area contributed by atoms with E-state index in [1.54, 1.807) is 0 Å². The molecule has 1 aromatic heterocycles. The first-order valence-electron chi connectivity index (χ1n) is 13.1. The summed E-state index contributed by atoms with van der Waals surface area (Å²) in [7, 11) is 0. The summed E-state index contributed by atoms with van der Waals surface area (Å²) in [6.07, 6.45) is 2.66. The average molecular weight is 488 g/mol. The van der Waals surface area contributed by atoms with Gasteiger partial charge in [-0.15, -0.1) is 10.2 Å². The number of nitrogens with zero attached hydrogens (tertiary/aromatic N) is 4. The summed E-state index contributed by atoms with van der Waals surface area (Å²) >= 11 is 0. The van der Waals surface area contributed by atoms with Crippen LogP contribution in [0.25, 0.3) is 0 Å².